The van der Waals surface area contributed by atoms with Gasteiger partial charge in [-0.1, -0.05) is 17.7 Å². The number of aromatic nitrogens is 3. The van der Waals surface area contributed by atoms with Crippen molar-refractivity contribution in [2.24, 2.45) is 5.84 Å². The summed E-state index contributed by atoms with van der Waals surface area (Å²) in [6.07, 6.45) is 0. The Labute approximate surface area is 121 Å². The number of nitrogens with two attached hydrogens (primary N) is 1. The maximum Gasteiger partial charge on any atom is 0.323 e. The fraction of sp³-hybridized carbons (Fsp3) is 0.250. The summed E-state index contributed by atoms with van der Waals surface area (Å²) in [7, 11) is 0. The molecular weight excluding hydrogens is 280 g/mol. The van der Waals surface area contributed by atoms with E-state index >= 15 is 0 Å². The molecule has 0 amide bonds. The van der Waals surface area contributed by atoms with Crippen LogP contribution in [0.3, 0.4) is 0 Å². The first-order valence-electron chi connectivity index (χ1n) is 6.01. The Kier molecular flexibility index (Phi) is 4.54. The molecule has 1 aromatic carbocycles. The summed E-state index contributed by atoms with van der Waals surface area (Å²) in [5.74, 6) is 5.82. The molecule has 106 valence electrons. The molecule has 0 unspecified atom stereocenters. The van der Waals surface area contributed by atoms with Gasteiger partial charge in [-0.2, -0.15) is 15.0 Å². The quantitative estimate of drug-likeness (QED) is 0.574. The number of halogens is 1. The van der Waals surface area contributed by atoms with Gasteiger partial charge in [-0.15, -0.1) is 0 Å². The lowest BCUT2D eigenvalue weighted by molar-refractivity contribution is 0.312. The van der Waals surface area contributed by atoms with Crippen LogP contribution in [0, 0.1) is 6.92 Å². The average Bonchev–Trinajstić information content (AvgIpc) is 2.43. The Hall–Kier alpha value is -2.12. The standard InChI is InChI=1S/C12H15ClN6O/c1-3-20-12-17-10(16-11(18-12)19-14)15-9-6-7(2)4-5-8(9)13/h4-6H,3,14H2,1-2H3,(H2,15,16,17,18,19). The van der Waals surface area contributed by atoms with Crippen LogP contribution in [0.15, 0.2) is 18.2 Å². The van der Waals surface area contributed by atoms with E-state index in [-0.39, 0.29) is 12.0 Å². The minimum Gasteiger partial charge on any atom is -0.464 e. The first-order valence-corrected chi connectivity index (χ1v) is 6.39. The Balaban J connectivity index is 2.32. The van der Waals surface area contributed by atoms with Crippen molar-refractivity contribution < 1.29 is 4.74 Å². The van der Waals surface area contributed by atoms with Crippen molar-refractivity contribution in [2.75, 3.05) is 17.3 Å². The van der Waals surface area contributed by atoms with Gasteiger partial charge in [0.1, 0.15) is 0 Å². The van der Waals surface area contributed by atoms with Crippen LogP contribution in [0.2, 0.25) is 5.02 Å². The first kappa shape index (κ1) is 14.3. The fourth-order valence-corrected chi connectivity index (χ4v) is 1.69. The van der Waals surface area contributed by atoms with Crippen molar-refractivity contribution in [2.45, 2.75) is 13.8 Å². The molecule has 2 rings (SSSR count). The number of benzene rings is 1. The number of aryl methyl sites for hydroxylation is 1. The van der Waals surface area contributed by atoms with Gasteiger partial charge in [0.05, 0.1) is 17.3 Å². The van der Waals surface area contributed by atoms with Crippen molar-refractivity contribution in [1.82, 2.24) is 15.0 Å². The van der Waals surface area contributed by atoms with E-state index in [2.05, 4.69) is 25.7 Å². The summed E-state index contributed by atoms with van der Waals surface area (Å²) in [6.45, 7) is 4.25. The van der Waals surface area contributed by atoms with Crippen LogP contribution in [0.25, 0.3) is 0 Å². The maximum absolute atomic E-state index is 6.12. The zero-order valence-electron chi connectivity index (χ0n) is 11.1. The molecule has 1 aromatic heterocycles. The Morgan fingerprint density at radius 2 is 2.00 bits per heavy atom. The average molecular weight is 295 g/mol. The van der Waals surface area contributed by atoms with Gasteiger partial charge < -0.3 is 10.1 Å². The van der Waals surface area contributed by atoms with Gasteiger partial charge in [-0.25, -0.2) is 5.84 Å². The summed E-state index contributed by atoms with van der Waals surface area (Å²) < 4.78 is 5.25. The topological polar surface area (TPSA) is 98.0 Å². The summed E-state index contributed by atoms with van der Waals surface area (Å²) in [5, 5.41) is 3.58. The number of hydrazine groups is 1. The van der Waals surface area contributed by atoms with E-state index in [0.717, 1.165) is 5.56 Å². The van der Waals surface area contributed by atoms with Gasteiger partial charge in [0.2, 0.25) is 11.9 Å². The number of ether oxygens (including phenoxy) is 1. The molecule has 0 atom stereocenters. The number of nitrogens with one attached hydrogen (secondary N) is 2. The van der Waals surface area contributed by atoms with Crippen molar-refractivity contribution in [3.8, 4) is 6.01 Å². The van der Waals surface area contributed by atoms with Crippen LogP contribution >= 0.6 is 11.6 Å². The third-order valence-corrected chi connectivity index (χ3v) is 2.72. The van der Waals surface area contributed by atoms with Gasteiger partial charge >= 0.3 is 6.01 Å². The Morgan fingerprint density at radius 1 is 1.25 bits per heavy atom. The fourth-order valence-electron chi connectivity index (χ4n) is 1.53. The molecule has 0 fully saturated rings. The van der Waals surface area contributed by atoms with E-state index in [4.69, 9.17) is 22.2 Å². The zero-order chi connectivity index (χ0) is 14.5. The van der Waals surface area contributed by atoms with Crippen LogP contribution in [0.5, 0.6) is 6.01 Å². The smallest absolute Gasteiger partial charge is 0.323 e. The monoisotopic (exact) mass is 294 g/mol. The molecule has 0 aliphatic carbocycles. The van der Waals surface area contributed by atoms with Gasteiger partial charge in [-0.05, 0) is 31.5 Å². The van der Waals surface area contributed by atoms with Crippen molar-refractivity contribution in [1.29, 1.82) is 0 Å². The van der Waals surface area contributed by atoms with E-state index in [9.17, 15) is 0 Å². The van der Waals surface area contributed by atoms with Gasteiger partial charge in [0.15, 0.2) is 0 Å². The largest absolute Gasteiger partial charge is 0.464 e. The molecule has 7 nitrogen and oxygen atoms in total. The number of hydrogen-bond donors (Lipinski definition) is 3. The van der Waals surface area contributed by atoms with Crippen molar-refractivity contribution in [3.05, 3.63) is 28.8 Å². The highest BCUT2D eigenvalue weighted by atomic mass is 35.5. The molecule has 0 aliphatic heterocycles. The summed E-state index contributed by atoms with van der Waals surface area (Å²) in [4.78, 5) is 12.2. The third kappa shape index (κ3) is 3.46. The summed E-state index contributed by atoms with van der Waals surface area (Å²) in [6, 6.07) is 5.79. The molecule has 20 heavy (non-hydrogen) atoms. The molecule has 0 spiro atoms. The summed E-state index contributed by atoms with van der Waals surface area (Å²) in [5.41, 5.74) is 4.12. The second-order valence-corrected chi connectivity index (χ2v) is 4.36. The molecule has 4 N–H and O–H groups in total. The molecule has 0 bridgehead atoms. The van der Waals surface area contributed by atoms with E-state index in [1.54, 1.807) is 6.07 Å². The second kappa shape index (κ2) is 6.36. The zero-order valence-corrected chi connectivity index (χ0v) is 11.9. The normalized spacial score (nSPS) is 10.2. The maximum atomic E-state index is 6.12. The number of nitrogens with zero attached hydrogens (tertiary/aromatic N) is 3. The van der Waals surface area contributed by atoms with E-state index in [0.29, 0.717) is 23.3 Å². The lowest BCUT2D eigenvalue weighted by Crippen LogP contribution is -2.13. The molecule has 8 heteroatoms. The third-order valence-electron chi connectivity index (χ3n) is 2.39. The molecule has 0 radical (unpaired) electrons. The van der Waals surface area contributed by atoms with Crippen molar-refractivity contribution in [3.63, 3.8) is 0 Å². The lowest BCUT2D eigenvalue weighted by Gasteiger charge is -2.10. The van der Waals surface area contributed by atoms with E-state index in [1.807, 2.05) is 26.0 Å². The SMILES string of the molecule is CCOc1nc(NN)nc(Nc2cc(C)ccc2Cl)n1. The number of hydrogen-bond acceptors (Lipinski definition) is 7. The minimum atomic E-state index is 0.182. The van der Waals surface area contributed by atoms with Crippen LogP contribution in [0.4, 0.5) is 17.6 Å². The first-order chi connectivity index (χ1) is 9.62. The van der Waals surface area contributed by atoms with E-state index < -0.39 is 0 Å². The minimum absolute atomic E-state index is 0.182. The summed E-state index contributed by atoms with van der Waals surface area (Å²) >= 11 is 6.12. The molecule has 2 aromatic rings. The number of nitrogen functional groups attached to an aromatic ring is 1. The van der Waals surface area contributed by atoms with Gasteiger partial charge in [0, 0.05) is 0 Å². The number of rotatable bonds is 5. The molecular formula is C12H15ClN6O. The van der Waals surface area contributed by atoms with E-state index in [1.165, 1.54) is 0 Å². The molecule has 0 saturated carbocycles. The lowest BCUT2D eigenvalue weighted by atomic mass is 10.2. The highest BCUT2D eigenvalue weighted by Gasteiger charge is 2.08. The van der Waals surface area contributed by atoms with Gasteiger partial charge in [0.25, 0.3) is 0 Å². The second-order valence-electron chi connectivity index (χ2n) is 3.95. The predicted octanol–water partition coefficient (Wildman–Crippen LogP) is 2.26. The highest BCUT2D eigenvalue weighted by Crippen LogP contribution is 2.25. The van der Waals surface area contributed by atoms with Crippen LogP contribution < -0.4 is 21.3 Å². The predicted molar refractivity (Wildman–Crippen MR) is 78.3 cm³/mol. The van der Waals surface area contributed by atoms with Crippen LogP contribution in [-0.4, -0.2) is 21.6 Å². The van der Waals surface area contributed by atoms with Crippen LogP contribution in [0.1, 0.15) is 12.5 Å². The van der Waals surface area contributed by atoms with Crippen LogP contribution in [-0.2, 0) is 0 Å². The molecule has 0 aliphatic rings. The van der Waals surface area contributed by atoms with Crippen molar-refractivity contribution >= 4 is 29.2 Å². The Morgan fingerprint density at radius 3 is 2.70 bits per heavy atom. The number of anilines is 3. The highest BCUT2D eigenvalue weighted by molar-refractivity contribution is 6.33. The van der Waals surface area contributed by atoms with Gasteiger partial charge in [-0.3, -0.25) is 5.43 Å². The molecule has 0 saturated heterocycles. The molecule has 1 heterocycles. The Bertz CT molecular complexity index is 606.